The Hall–Kier alpha value is -3.13. The number of nitrogens with zero attached hydrogens (tertiary/aromatic N) is 1. The van der Waals surface area contributed by atoms with Gasteiger partial charge in [-0.25, -0.2) is 17.5 Å². The number of hydrogen-bond donors (Lipinski definition) is 0. The maximum Gasteiger partial charge on any atom is 0.336 e. The molecule has 0 aliphatic carbocycles. The van der Waals surface area contributed by atoms with E-state index in [-0.39, 0.29) is 22.6 Å². The average molecular weight is 371 g/mol. The molecule has 7 nitrogen and oxygen atoms in total. The molecule has 1 aliphatic heterocycles. The highest BCUT2D eigenvalue weighted by molar-refractivity contribution is 7.90. The van der Waals surface area contributed by atoms with E-state index in [9.17, 15) is 18.0 Å². The summed E-state index contributed by atoms with van der Waals surface area (Å²) in [4.78, 5) is 24.4. The number of methoxy groups -OCH3 is 1. The lowest BCUT2D eigenvalue weighted by molar-refractivity contribution is 0.0865. The smallest absolute Gasteiger partial charge is 0.336 e. The maximum absolute atomic E-state index is 12.7. The number of fused-ring (bicyclic) bond motifs is 2. The first-order chi connectivity index (χ1) is 12.4. The van der Waals surface area contributed by atoms with E-state index in [1.165, 1.54) is 31.4 Å². The van der Waals surface area contributed by atoms with Crippen molar-refractivity contribution in [2.45, 2.75) is 11.4 Å². The lowest BCUT2D eigenvalue weighted by Gasteiger charge is -2.16. The Morgan fingerprint density at radius 3 is 2.58 bits per heavy atom. The molecule has 0 spiro atoms. The molecule has 0 atom stereocenters. The van der Waals surface area contributed by atoms with Gasteiger partial charge in [0.25, 0.3) is 15.9 Å². The molecule has 0 fully saturated rings. The number of hydrogen-bond acceptors (Lipinski definition) is 6. The van der Waals surface area contributed by atoms with Crippen LogP contribution in [-0.2, 0) is 16.6 Å². The van der Waals surface area contributed by atoms with Gasteiger partial charge in [0.05, 0.1) is 19.2 Å². The largest absolute Gasteiger partial charge is 0.497 e. The second-order valence-corrected chi connectivity index (χ2v) is 7.60. The van der Waals surface area contributed by atoms with Crippen molar-refractivity contribution < 1.29 is 22.4 Å². The zero-order valence-electron chi connectivity index (χ0n) is 13.6. The Morgan fingerprint density at radius 2 is 1.85 bits per heavy atom. The zero-order valence-corrected chi connectivity index (χ0v) is 14.4. The molecule has 0 saturated carbocycles. The van der Waals surface area contributed by atoms with Crippen LogP contribution >= 0.6 is 0 Å². The van der Waals surface area contributed by atoms with Gasteiger partial charge in [-0.1, -0.05) is 12.1 Å². The number of benzene rings is 2. The normalized spacial score (nSPS) is 15.3. The van der Waals surface area contributed by atoms with E-state index in [0.717, 1.165) is 4.31 Å². The van der Waals surface area contributed by atoms with Crippen LogP contribution in [0.15, 0.2) is 62.6 Å². The summed E-state index contributed by atoms with van der Waals surface area (Å²) in [7, 11) is -2.48. The lowest BCUT2D eigenvalue weighted by atomic mass is 10.1. The van der Waals surface area contributed by atoms with Crippen LogP contribution < -0.4 is 10.4 Å². The molecule has 2 aromatic carbocycles. The summed E-state index contributed by atoms with van der Waals surface area (Å²) < 4.78 is 36.4. The first-order valence-corrected chi connectivity index (χ1v) is 9.13. The molecule has 1 aliphatic rings. The Balaban J connectivity index is 1.84. The quantitative estimate of drug-likeness (QED) is 0.655. The van der Waals surface area contributed by atoms with Crippen molar-refractivity contribution in [1.29, 1.82) is 0 Å². The van der Waals surface area contributed by atoms with E-state index < -0.39 is 21.6 Å². The molecule has 8 heteroatoms. The molecular weight excluding hydrogens is 358 g/mol. The molecule has 132 valence electrons. The fourth-order valence-corrected chi connectivity index (χ4v) is 4.56. The molecule has 0 radical (unpaired) electrons. The van der Waals surface area contributed by atoms with Gasteiger partial charge in [-0.2, -0.15) is 0 Å². The number of amides is 1. The SMILES string of the molecule is COc1ccc2c(CN3C(=O)c4ccccc4S3(=O)=O)cc(=O)oc2c1. The average Bonchev–Trinajstić information content (AvgIpc) is 2.82. The van der Waals surface area contributed by atoms with Gasteiger partial charge in [0.15, 0.2) is 0 Å². The highest BCUT2D eigenvalue weighted by atomic mass is 32.2. The predicted octanol–water partition coefficient (Wildman–Crippen LogP) is 2.15. The van der Waals surface area contributed by atoms with E-state index in [1.54, 1.807) is 24.3 Å². The van der Waals surface area contributed by atoms with Crippen LogP contribution in [0, 0.1) is 0 Å². The molecule has 1 aromatic heterocycles. The molecule has 26 heavy (non-hydrogen) atoms. The van der Waals surface area contributed by atoms with Gasteiger partial charge in [-0.05, 0) is 29.8 Å². The Morgan fingerprint density at radius 1 is 1.08 bits per heavy atom. The minimum atomic E-state index is -3.96. The summed E-state index contributed by atoms with van der Waals surface area (Å²) in [6.45, 7) is -0.260. The van der Waals surface area contributed by atoms with Crippen LogP contribution in [-0.4, -0.2) is 25.7 Å². The van der Waals surface area contributed by atoms with E-state index >= 15 is 0 Å². The fourth-order valence-electron chi connectivity index (χ4n) is 3.01. The third-order valence-electron chi connectivity index (χ3n) is 4.26. The van der Waals surface area contributed by atoms with Gasteiger partial charge in [0.1, 0.15) is 16.2 Å². The maximum atomic E-state index is 12.7. The lowest BCUT2D eigenvalue weighted by Crippen LogP contribution is -2.29. The van der Waals surface area contributed by atoms with Gasteiger partial charge >= 0.3 is 5.63 Å². The van der Waals surface area contributed by atoms with Gasteiger partial charge < -0.3 is 9.15 Å². The predicted molar refractivity (Wildman–Crippen MR) is 92.5 cm³/mol. The summed E-state index contributed by atoms with van der Waals surface area (Å²) in [5, 5.41) is 0.532. The zero-order chi connectivity index (χ0) is 18.5. The fraction of sp³-hybridized carbons (Fsp3) is 0.111. The molecule has 2 heterocycles. The van der Waals surface area contributed by atoms with E-state index in [4.69, 9.17) is 9.15 Å². The third kappa shape index (κ3) is 2.38. The van der Waals surface area contributed by atoms with E-state index in [1.807, 2.05) is 0 Å². The number of ether oxygens (including phenoxy) is 1. The number of carbonyl (C=O) groups is 1. The Labute approximate surface area is 148 Å². The Bertz CT molecular complexity index is 1210. The van der Waals surface area contributed by atoms with Gasteiger partial charge in [-0.15, -0.1) is 0 Å². The van der Waals surface area contributed by atoms with Gasteiger partial charge in [0.2, 0.25) is 0 Å². The minimum Gasteiger partial charge on any atom is -0.497 e. The van der Waals surface area contributed by atoms with Crippen molar-refractivity contribution in [2.24, 2.45) is 0 Å². The third-order valence-corrected chi connectivity index (χ3v) is 6.05. The van der Waals surface area contributed by atoms with Crippen LogP contribution in [0.4, 0.5) is 0 Å². The standard InChI is InChI=1S/C18H13NO6S/c1-24-12-6-7-13-11(8-17(20)25-15(13)9-12)10-19-18(21)14-4-2-3-5-16(14)26(19,22)23/h2-9H,10H2,1H3. The second-order valence-electron chi connectivity index (χ2n) is 5.77. The molecule has 0 unspecified atom stereocenters. The molecule has 0 saturated heterocycles. The summed E-state index contributed by atoms with van der Waals surface area (Å²) in [5.74, 6) is -0.120. The Kier molecular flexibility index (Phi) is 3.58. The van der Waals surface area contributed by atoms with Crippen molar-refractivity contribution in [2.75, 3.05) is 7.11 Å². The highest BCUT2D eigenvalue weighted by Crippen LogP contribution is 2.32. The van der Waals surface area contributed by atoms with Crippen LogP contribution in [0.2, 0.25) is 0 Å². The van der Waals surface area contributed by atoms with Gasteiger partial charge in [-0.3, -0.25) is 4.79 Å². The summed E-state index contributed by atoms with van der Waals surface area (Å²) in [6, 6.07) is 12.1. The topological polar surface area (TPSA) is 93.9 Å². The molecular formula is C18H13NO6S. The molecule has 0 N–H and O–H groups in total. The minimum absolute atomic E-state index is 0.0288. The van der Waals surface area contributed by atoms with E-state index in [2.05, 4.69) is 0 Å². The van der Waals surface area contributed by atoms with Crippen LogP contribution in [0.25, 0.3) is 11.0 Å². The molecule has 3 aromatic rings. The first-order valence-electron chi connectivity index (χ1n) is 7.69. The van der Waals surface area contributed by atoms with E-state index in [0.29, 0.717) is 16.7 Å². The van der Waals surface area contributed by atoms with Crippen molar-refractivity contribution in [1.82, 2.24) is 4.31 Å². The highest BCUT2D eigenvalue weighted by Gasteiger charge is 2.41. The number of sulfonamides is 1. The van der Waals surface area contributed by atoms with Crippen molar-refractivity contribution in [3.8, 4) is 5.75 Å². The molecule has 1 amide bonds. The van der Waals surface area contributed by atoms with Crippen molar-refractivity contribution >= 4 is 26.9 Å². The second kappa shape index (κ2) is 5.70. The van der Waals surface area contributed by atoms with Crippen molar-refractivity contribution in [3.05, 3.63) is 70.1 Å². The number of carbonyl (C=O) groups excluding carboxylic acids is 1. The summed E-state index contributed by atoms with van der Waals surface area (Å²) in [6.07, 6.45) is 0. The van der Waals surface area contributed by atoms with Crippen LogP contribution in [0.3, 0.4) is 0 Å². The monoisotopic (exact) mass is 371 g/mol. The summed E-state index contributed by atoms with van der Waals surface area (Å²) >= 11 is 0. The number of rotatable bonds is 3. The van der Waals surface area contributed by atoms with Crippen LogP contribution in [0.1, 0.15) is 15.9 Å². The summed E-state index contributed by atoms with van der Waals surface area (Å²) in [5.41, 5.74) is 0.126. The first kappa shape index (κ1) is 16.3. The van der Waals surface area contributed by atoms with Gasteiger partial charge in [0, 0.05) is 17.5 Å². The van der Waals surface area contributed by atoms with Crippen LogP contribution in [0.5, 0.6) is 5.75 Å². The molecule has 4 rings (SSSR count). The molecule has 0 bridgehead atoms. The van der Waals surface area contributed by atoms with Crippen molar-refractivity contribution in [3.63, 3.8) is 0 Å².